The predicted octanol–water partition coefficient (Wildman–Crippen LogP) is 3.37. The van der Waals surface area contributed by atoms with Gasteiger partial charge in [-0.15, -0.1) is 0 Å². The number of halogens is 3. The van der Waals surface area contributed by atoms with Crippen molar-refractivity contribution in [3.63, 3.8) is 0 Å². The van der Waals surface area contributed by atoms with Gasteiger partial charge in [-0.2, -0.15) is 0 Å². The van der Waals surface area contributed by atoms with Crippen LogP contribution in [0.2, 0.25) is 0 Å². The zero-order chi connectivity index (χ0) is 13.1. The molecule has 0 aliphatic rings. The zero-order valence-electron chi connectivity index (χ0n) is 8.95. The van der Waals surface area contributed by atoms with E-state index in [1.54, 1.807) is 6.07 Å². The standard InChI is InChI=1S/C12H7BrF2N2O/c13-7-1-2-11(16-6-7)12(18)17-10-4-8(14)3-9(15)5-10/h1-6H,(H,17,18). The molecule has 1 heterocycles. The van der Waals surface area contributed by atoms with Gasteiger partial charge < -0.3 is 5.32 Å². The molecule has 0 aliphatic heterocycles. The maximum absolute atomic E-state index is 12.9. The second-order valence-electron chi connectivity index (χ2n) is 3.47. The minimum atomic E-state index is -0.755. The van der Waals surface area contributed by atoms with Crippen LogP contribution in [0, 0.1) is 11.6 Å². The van der Waals surface area contributed by atoms with E-state index in [-0.39, 0.29) is 11.4 Å². The summed E-state index contributed by atoms with van der Waals surface area (Å²) in [7, 11) is 0. The van der Waals surface area contributed by atoms with E-state index in [2.05, 4.69) is 26.2 Å². The molecule has 0 atom stereocenters. The van der Waals surface area contributed by atoms with Gasteiger partial charge in [0.1, 0.15) is 17.3 Å². The molecule has 18 heavy (non-hydrogen) atoms. The van der Waals surface area contributed by atoms with Crippen molar-refractivity contribution in [1.82, 2.24) is 4.98 Å². The Hall–Kier alpha value is -1.82. The number of carbonyl (C=O) groups excluding carboxylic acids is 1. The topological polar surface area (TPSA) is 42.0 Å². The van der Waals surface area contributed by atoms with Crippen molar-refractivity contribution in [2.75, 3.05) is 5.32 Å². The number of pyridine rings is 1. The number of carbonyl (C=O) groups is 1. The lowest BCUT2D eigenvalue weighted by Gasteiger charge is -2.05. The van der Waals surface area contributed by atoms with Crippen LogP contribution in [0.25, 0.3) is 0 Å². The van der Waals surface area contributed by atoms with Gasteiger partial charge in [-0.05, 0) is 40.2 Å². The lowest BCUT2D eigenvalue weighted by Crippen LogP contribution is -2.13. The molecule has 3 nitrogen and oxygen atoms in total. The monoisotopic (exact) mass is 312 g/mol. The number of nitrogens with one attached hydrogen (secondary N) is 1. The van der Waals surface area contributed by atoms with Crippen molar-refractivity contribution in [1.29, 1.82) is 0 Å². The van der Waals surface area contributed by atoms with Crippen molar-refractivity contribution in [3.8, 4) is 0 Å². The first-order chi connectivity index (χ1) is 8.54. The maximum atomic E-state index is 12.9. The number of aromatic nitrogens is 1. The number of hydrogen-bond donors (Lipinski definition) is 1. The molecule has 0 saturated heterocycles. The van der Waals surface area contributed by atoms with Crippen LogP contribution < -0.4 is 5.32 Å². The van der Waals surface area contributed by atoms with E-state index in [4.69, 9.17) is 0 Å². The molecule has 1 aromatic carbocycles. The van der Waals surface area contributed by atoms with Gasteiger partial charge in [0.15, 0.2) is 0 Å². The van der Waals surface area contributed by atoms with Crippen LogP contribution in [0.1, 0.15) is 10.5 Å². The molecule has 0 fully saturated rings. The number of nitrogens with zero attached hydrogens (tertiary/aromatic N) is 1. The highest BCUT2D eigenvalue weighted by Crippen LogP contribution is 2.14. The number of rotatable bonds is 2. The molecule has 0 unspecified atom stereocenters. The first-order valence-corrected chi connectivity index (χ1v) is 5.73. The average molecular weight is 313 g/mol. The molecule has 1 aromatic heterocycles. The van der Waals surface area contributed by atoms with Crippen LogP contribution in [0.4, 0.5) is 14.5 Å². The van der Waals surface area contributed by atoms with Gasteiger partial charge in [0.05, 0.1) is 0 Å². The quantitative estimate of drug-likeness (QED) is 0.923. The molecule has 2 rings (SSSR count). The molecule has 6 heteroatoms. The maximum Gasteiger partial charge on any atom is 0.274 e. The lowest BCUT2D eigenvalue weighted by atomic mass is 10.2. The summed E-state index contributed by atoms with van der Waals surface area (Å²) in [5.74, 6) is -2.05. The molecule has 1 amide bonds. The summed E-state index contributed by atoms with van der Waals surface area (Å²) in [5, 5.41) is 2.36. The van der Waals surface area contributed by atoms with E-state index in [1.165, 1.54) is 12.3 Å². The summed E-state index contributed by atoms with van der Waals surface area (Å²) in [6, 6.07) is 5.93. The Labute approximate surface area is 110 Å². The second kappa shape index (κ2) is 5.22. The molecule has 0 spiro atoms. The van der Waals surface area contributed by atoms with Gasteiger partial charge in [-0.25, -0.2) is 13.8 Å². The fourth-order valence-electron chi connectivity index (χ4n) is 1.33. The van der Waals surface area contributed by atoms with Crippen molar-refractivity contribution in [3.05, 3.63) is 58.3 Å². The zero-order valence-corrected chi connectivity index (χ0v) is 10.5. The molecule has 0 saturated carbocycles. The van der Waals surface area contributed by atoms with E-state index < -0.39 is 17.5 Å². The Morgan fingerprint density at radius 2 is 1.83 bits per heavy atom. The van der Waals surface area contributed by atoms with Crippen LogP contribution in [0.15, 0.2) is 41.0 Å². The third-order valence-electron chi connectivity index (χ3n) is 2.08. The molecule has 0 radical (unpaired) electrons. The van der Waals surface area contributed by atoms with Gasteiger partial charge in [-0.3, -0.25) is 4.79 Å². The first kappa shape index (κ1) is 12.6. The highest BCUT2D eigenvalue weighted by molar-refractivity contribution is 9.10. The van der Waals surface area contributed by atoms with E-state index in [0.29, 0.717) is 0 Å². The van der Waals surface area contributed by atoms with Gasteiger partial charge in [0.2, 0.25) is 0 Å². The van der Waals surface area contributed by atoms with Crippen LogP contribution in [0.3, 0.4) is 0 Å². The number of amides is 1. The Balaban J connectivity index is 2.18. The summed E-state index contributed by atoms with van der Waals surface area (Å²) in [6.45, 7) is 0. The SMILES string of the molecule is O=C(Nc1cc(F)cc(F)c1)c1ccc(Br)cn1. The van der Waals surface area contributed by atoms with Crippen LogP contribution in [0.5, 0.6) is 0 Å². The van der Waals surface area contributed by atoms with Gasteiger partial charge in [-0.1, -0.05) is 0 Å². The Bertz CT molecular complexity index is 567. The van der Waals surface area contributed by atoms with Crippen molar-refractivity contribution < 1.29 is 13.6 Å². The number of hydrogen-bond acceptors (Lipinski definition) is 2. The molecular formula is C12H7BrF2N2O. The predicted molar refractivity (Wildman–Crippen MR) is 66.2 cm³/mol. The van der Waals surface area contributed by atoms with Crippen LogP contribution >= 0.6 is 15.9 Å². The second-order valence-corrected chi connectivity index (χ2v) is 4.39. The smallest absolute Gasteiger partial charge is 0.274 e. The summed E-state index contributed by atoms with van der Waals surface area (Å²) in [6.07, 6.45) is 1.46. The van der Waals surface area contributed by atoms with Gasteiger partial charge in [0.25, 0.3) is 5.91 Å². The highest BCUT2D eigenvalue weighted by atomic mass is 79.9. The molecule has 0 aliphatic carbocycles. The minimum Gasteiger partial charge on any atom is -0.320 e. The number of anilines is 1. The average Bonchev–Trinajstić information content (AvgIpc) is 2.28. The van der Waals surface area contributed by atoms with Gasteiger partial charge >= 0.3 is 0 Å². The van der Waals surface area contributed by atoms with Crippen molar-refractivity contribution in [2.24, 2.45) is 0 Å². The van der Waals surface area contributed by atoms with Gasteiger partial charge in [0, 0.05) is 22.4 Å². The third kappa shape index (κ3) is 3.10. The normalized spacial score (nSPS) is 10.2. The van der Waals surface area contributed by atoms with E-state index >= 15 is 0 Å². The fraction of sp³-hybridized carbons (Fsp3) is 0. The Morgan fingerprint density at radius 3 is 2.39 bits per heavy atom. The van der Waals surface area contributed by atoms with E-state index in [9.17, 15) is 13.6 Å². The summed E-state index contributed by atoms with van der Waals surface area (Å²) >= 11 is 3.19. The fourth-order valence-corrected chi connectivity index (χ4v) is 1.57. The first-order valence-electron chi connectivity index (χ1n) is 4.93. The largest absolute Gasteiger partial charge is 0.320 e. The Kier molecular flexibility index (Phi) is 3.66. The molecule has 92 valence electrons. The van der Waals surface area contributed by atoms with Crippen LogP contribution in [-0.4, -0.2) is 10.9 Å². The summed E-state index contributed by atoms with van der Waals surface area (Å²) in [5.41, 5.74) is 0.199. The van der Waals surface area contributed by atoms with E-state index in [0.717, 1.165) is 22.7 Å². The summed E-state index contributed by atoms with van der Waals surface area (Å²) < 4.78 is 26.6. The van der Waals surface area contributed by atoms with Crippen molar-refractivity contribution in [2.45, 2.75) is 0 Å². The Morgan fingerprint density at radius 1 is 1.17 bits per heavy atom. The summed E-state index contributed by atoms with van der Waals surface area (Å²) in [4.78, 5) is 15.6. The molecule has 2 aromatic rings. The molecule has 0 bridgehead atoms. The molecule has 1 N–H and O–H groups in total. The third-order valence-corrected chi connectivity index (χ3v) is 2.55. The van der Waals surface area contributed by atoms with Crippen LogP contribution in [-0.2, 0) is 0 Å². The highest BCUT2D eigenvalue weighted by Gasteiger charge is 2.09. The lowest BCUT2D eigenvalue weighted by molar-refractivity contribution is 0.102. The number of benzene rings is 1. The van der Waals surface area contributed by atoms with Crippen molar-refractivity contribution >= 4 is 27.5 Å². The molecular weight excluding hydrogens is 306 g/mol. The van der Waals surface area contributed by atoms with E-state index in [1.807, 2.05) is 0 Å². The minimum absolute atomic E-state index is 0.0437.